The first-order chi connectivity index (χ1) is 29.3. The molecule has 9 aromatic rings. The summed E-state index contributed by atoms with van der Waals surface area (Å²) in [7, 11) is 0. The third-order valence-electron chi connectivity index (χ3n) is 12.4. The highest BCUT2D eigenvalue weighted by Crippen LogP contribution is 2.46. The molecule has 59 heavy (non-hydrogen) atoms. The van der Waals surface area contributed by atoms with Crippen molar-refractivity contribution in [2.24, 2.45) is 0 Å². The average molecular weight is 755 g/mol. The minimum Gasteiger partial charge on any atom is -0.313 e. The first-order valence-corrected chi connectivity index (χ1v) is 20.6. The van der Waals surface area contributed by atoms with Crippen molar-refractivity contribution in [3.63, 3.8) is 0 Å². The lowest BCUT2D eigenvalue weighted by Crippen LogP contribution is -2.61. The Morgan fingerprint density at radius 3 is 1.81 bits per heavy atom. The zero-order valence-electron chi connectivity index (χ0n) is 32.5. The Labute approximate surface area is 344 Å². The number of hydrogen-bond acceptors (Lipinski definition) is 3. The standard InChI is InChI=1S/C54H39BN4/c1-5-18-38(19-6-1)56(39-20-7-2-8-21-39)42-33-35-47-53(37-42)58(41-24-11-4-12-25-41)50-30-17-31-51-54(50)55(47)46-27-14-16-29-49(46)59(51)43-32-34-45-44-26-13-15-28-48(44)57(52(45)36-43)40-22-9-3-10-23-40/h1-9,11-22,24-37H,10,23H2. The van der Waals surface area contributed by atoms with Gasteiger partial charge in [0.05, 0.1) is 11.0 Å². The topological polar surface area (TPSA) is 14.7 Å². The van der Waals surface area contributed by atoms with Crippen LogP contribution in [0.2, 0.25) is 0 Å². The number of nitrogens with zero attached hydrogens (tertiary/aromatic N) is 4. The van der Waals surface area contributed by atoms with Crippen LogP contribution in [0, 0.1) is 0 Å². The molecule has 2 aliphatic heterocycles. The third-order valence-corrected chi connectivity index (χ3v) is 12.4. The Balaban J connectivity index is 1.09. The number of aromatic nitrogens is 1. The summed E-state index contributed by atoms with van der Waals surface area (Å²) in [5, 5.41) is 2.56. The van der Waals surface area contributed by atoms with Crippen molar-refractivity contribution in [3.8, 4) is 0 Å². The van der Waals surface area contributed by atoms with Crippen LogP contribution in [0.25, 0.3) is 27.5 Å². The molecular weight excluding hydrogens is 715 g/mol. The molecule has 0 radical (unpaired) electrons. The molecule has 0 saturated heterocycles. The summed E-state index contributed by atoms with van der Waals surface area (Å²) in [6, 6.07) is 71.2. The molecule has 0 fully saturated rings. The fraction of sp³-hybridized carbons (Fsp3) is 0.0370. The van der Waals surface area contributed by atoms with E-state index in [-0.39, 0.29) is 6.71 Å². The molecule has 0 spiro atoms. The van der Waals surface area contributed by atoms with Crippen molar-refractivity contribution < 1.29 is 0 Å². The van der Waals surface area contributed by atoms with E-state index in [1.807, 2.05) is 0 Å². The van der Waals surface area contributed by atoms with E-state index in [0.717, 1.165) is 41.3 Å². The lowest BCUT2D eigenvalue weighted by atomic mass is 9.33. The van der Waals surface area contributed by atoms with Gasteiger partial charge in [0.15, 0.2) is 0 Å². The van der Waals surface area contributed by atoms with Crippen molar-refractivity contribution in [2.45, 2.75) is 12.8 Å². The highest BCUT2D eigenvalue weighted by atomic mass is 15.2. The first kappa shape index (κ1) is 33.6. The Morgan fingerprint density at radius 2 is 1.07 bits per heavy atom. The van der Waals surface area contributed by atoms with Crippen LogP contribution < -0.4 is 31.1 Å². The van der Waals surface area contributed by atoms with Crippen LogP contribution in [-0.4, -0.2) is 11.3 Å². The molecule has 0 atom stereocenters. The van der Waals surface area contributed by atoms with Gasteiger partial charge in [-0.1, -0.05) is 121 Å². The quantitative estimate of drug-likeness (QED) is 0.157. The van der Waals surface area contributed by atoms with Gasteiger partial charge >= 0.3 is 0 Å². The summed E-state index contributed by atoms with van der Waals surface area (Å²) in [4.78, 5) is 7.36. The fourth-order valence-electron chi connectivity index (χ4n) is 9.93. The van der Waals surface area contributed by atoms with E-state index >= 15 is 0 Å². The summed E-state index contributed by atoms with van der Waals surface area (Å²) >= 11 is 0. The number of benzene rings is 8. The molecule has 3 heterocycles. The number of para-hydroxylation sites is 5. The zero-order valence-corrected chi connectivity index (χ0v) is 32.5. The van der Waals surface area contributed by atoms with Gasteiger partial charge in [0.25, 0.3) is 6.71 Å². The van der Waals surface area contributed by atoms with E-state index in [0.29, 0.717) is 0 Å². The largest absolute Gasteiger partial charge is 0.313 e. The van der Waals surface area contributed by atoms with Gasteiger partial charge in [-0.2, -0.15) is 0 Å². The van der Waals surface area contributed by atoms with Gasteiger partial charge < -0.3 is 19.3 Å². The van der Waals surface area contributed by atoms with Crippen LogP contribution in [0.1, 0.15) is 12.8 Å². The Bertz CT molecular complexity index is 3090. The molecule has 0 N–H and O–H groups in total. The number of anilines is 9. The van der Waals surface area contributed by atoms with Gasteiger partial charge in [0.1, 0.15) is 0 Å². The summed E-state index contributed by atoms with van der Waals surface area (Å²) in [5.74, 6) is 0. The van der Waals surface area contributed by atoms with E-state index < -0.39 is 0 Å². The van der Waals surface area contributed by atoms with Crippen LogP contribution in [0.5, 0.6) is 0 Å². The van der Waals surface area contributed by atoms with E-state index in [1.165, 1.54) is 66.6 Å². The second-order valence-corrected chi connectivity index (χ2v) is 15.6. The maximum absolute atomic E-state index is 2.51. The Kier molecular flexibility index (Phi) is 7.73. The summed E-state index contributed by atoms with van der Waals surface area (Å²) in [5.41, 5.74) is 18.2. The van der Waals surface area contributed by atoms with Gasteiger partial charge in [-0.15, -0.1) is 0 Å². The molecule has 12 rings (SSSR count). The van der Waals surface area contributed by atoms with Crippen LogP contribution >= 0.6 is 0 Å². The van der Waals surface area contributed by atoms with Gasteiger partial charge in [-0.3, -0.25) is 0 Å². The molecule has 1 aliphatic carbocycles. The molecule has 1 aromatic heterocycles. The van der Waals surface area contributed by atoms with Crippen LogP contribution in [-0.2, 0) is 0 Å². The minimum atomic E-state index is 0.0360. The zero-order chi connectivity index (χ0) is 38.9. The van der Waals surface area contributed by atoms with E-state index in [2.05, 4.69) is 232 Å². The maximum Gasteiger partial charge on any atom is 0.252 e. The molecule has 4 nitrogen and oxygen atoms in total. The molecule has 8 aromatic carbocycles. The Morgan fingerprint density at radius 1 is 0.441 bits per heavy atom. The van der Waals surface area contributed by atoms with Crippen LogP contribution in [0.4, 0.5) is 51.2 Å². The van der Waals surface area contributed by atoms with Gasteiger partial charge in [0, 0.05) is 67.7 Å². The number of rotatable bonds is 6. The molecule has 0 bridgehead atoms. The molecule has 0 saturated carbocycles. The smallest absolute Gasteiger partial charge is 0.252 e. The lowest BCUT2D eigenvalue weighted by Gasteiger charge is -2.44. The second kappa shape index (κ2) is 13.6. The molecule has 0 unspecified atom stereocenters. The molecule has 278 valence electrons. The maximum atomic E-state index is 2.51. The highest BCUT2D eigenvalue weighted by molar-refractivity contribution is 7.00. The van der Waals surface area contributed by atoms with E-state index in [1.54, 1.807) is 0 Å². The Hall–Kier alpha value is -7.50. The summed E-state index contributed by atoms with van der Waals surface area (Å²) in [6.07, 6.45) is 8.83. The fourth-order valence-corrected chi connectivity index (χ4v) is 9.93. The number of fused-ring (bicyclic) bond motifs is 7. The minimum absolute atomic E-state index is 0.0360. The van der Waals surface area contributed by atoms with Crippen molar-refractivity contribution in [3.05, 3.63) is 212 Å². The van der Waals surface area contributed by atoms with Crippen molar-refractivity contribution in [1.82, 2.24) is 4.57 Å². The summed E-state index contributed by atoms with van der Waals surface area (Å²) in [6.45, 7) is 0.0360. The second-order valence-electron chi connectivity index (χ2n) is 15.6. The third kappa shape index (κ3) is 5.25. The SMILES string of the molecule is C1=CCCC(n2c3ccccc3c3ccc(N4c5ccccc5B5c6ccc(N(c7ccccc7)c7ccccc7)cc6N(c6ccccc6)c6cccc4c65)cc32)=C1. The molecule has 3 aliphatic rings. The van der Waals surface area contributed by atoms with E-state index in [9.17, 15) is 0 Å². The normalized spacial score (nSPS) is 13.9. The predicted octanol–water partition coefficient (Wildman–Crippen LogP) is 12.5. The van der Waals surface area contributed by atoms with Gasteiger partial charge in [-0.05, 0) is 120 Å². The monoisotopic (exact) mass is 754 g/mol. The predicted molar refractivity (Wildman–Crippen MR) is 251 cm³/mol. The summed E-state index contributed by atoms with van der Waals surface area (Å²) < 4.78 is 2.50. The van der Waals surface area contributed by atoms with Crippen molar-refractivity contribution in [1.29, 1.82) is 0 Å². The van der Waals surface area contributed by atoms with Crippen molar-refractivity contribution in [2.75, 3.05) is 14.7 Å². The van der Waals surface area contributed by atoms with Crippen LogP contribution in [0.3, 0.4) is 0 Å². The first-order valence-electron chi connectivity index (χ1n) is 20.6. The highest BCUT2D eigenvalue weighted by Gasteiger charge is 2.43. The van der Waals surface area contributed by atoms with Crippen LogP contribution in [0.15, 0.2) is 212 Å². The average Bonchev–Trinajstić information content (AvgIpc) is 3.64. The van der Waals surface area contributed by atoms with Gasteiger partial charge in [-0.25, -0.2) is 0 Å². The number of hydrogen-bond donors (Lipinski definition) is 0. The molecular formula is C54H39BN4. The number of allylic oxidation sites excluding steroid dienone is 4. The lowest BCUT2D eigenvalue weighted by molar-refractivity contribution is 0.979. The van der Waals surface area contributed by atoms with Crippen molar-refractivity contribution >= 4 is 102 Å². The molecule has 0 amide bonds. The molecule has 5 heteroatoms. The van der Waals surface area contributed by atoms with Gasteiger partial charge in [0.2, 0.25) is 0 Å². The van der Waals surface area contributed by atoms with E-state index in [4.69, 9.17) is 0 Å².